The molecule has 154 valence electrons. The maximum Gasteiger partial charge on any atom is 0.227 e. The third-order valence-electron chi connectivity index (χ3n) is 4.32. The van der Waals surface area contributed by atoms with Gasteiger partial charge in [-0.2, -0.15) is 0 Å². The van der Waals surface area contributed by atoms with Gasteiger partial charge in [0.2, 0.25) is 11.6 Å². The third-order valence-corrected chi connectivity index (χ3v) is 4.87. The van der Waals surface area contributed by atoms with E-state index in [-0.39, 0.29) is 0 Å². The number of benzene rings is 2. The van der Waals surface area contributed by atoms with Gasteiger partial charge in [0, 0.05) is 18.1 Å². The first-order valence-electron chi connectivity index (χ1n) is 8.82. The lowest BCUT2D eigenvalue weighted by Crippen LogP contribution is -2.17. The third kappa shape index (κ3) is 4.96. The molecule has 1 aromatic heterocycles. The van der Waals surface area contributed by atoms with Crippen molar-refractivity contribution >= 4 is 23.2 Å². The van der Waals surface area contributed by atoms with E-state index < -0.39 is 0 Å². The van der Waals surface area contributed by atoms with Crippen molar-refractivity contribution in [3.05, 3.63) is 57.9 Å². The molecule has 0 aliphatic rings. The van der Waals surface area contributed by atoms with Crippen molar-refractivity contribution < 1.29 is 18.6 Å². The molecule has 2 aromatic carbocycles. The van der Waals surface area contributed by atoms with E-state index in [0.717, 1.165) is 11.3 Å². The topological polar surface area (TPSA) is 57.0 Å². The summed E-state index contributed by atoms with van der Waals surface area (Å²) in [6.45, 7) is 1.24. The molecule has 8 heteroatoms. The minimum atomic E-state index is 0.461. The number of hydrogen-bond donors (Lipinski definition) is 0. The first-order valence-corrected chi connectivity index (χ1v) is 9.58. The first-order chi connectivity index (χ1) is 13.9. The summed E-state index contributed by atoms with van der Waals surface area (Å²) in [5.41, 5.74) is 2.52. The van der Waals surface area contributed by atoms with E-state index >= 15 is 0 Å². The molecular formula is C21H22Cl2N2O4. The van der Waals surface area contributed by atoms with Gasteiger partial charge in [0.25, 0.3) is 0 Å². The van der Waals surface area contributed by atoms with E-state index in [1.54, 1.807) is 45.8 Å². The molecule has 3 rings (SSSR count). The van der Waals surface area contributed by atoms with Gasteiger partial charge in [-0.3, -0.25) is 4.90 Å². The van der Waals surface area contributed by atoms with Crippen LogP contribution in [0.25, 0.3) is 11.5 Å². The second-order valence-electron chi connectivity index (χ2n) is 6.47. The summed E-state index contributed by atoms with van der Waals surface area (Å²) in [6.07, 6.45) is 1.63. The van der Waals surface area contributed by atoms with Crippen LogP contribution in [-0.2, 0) is 13.1 Å². The second-order valence-corrected chi connectivity index (χ2v) is 7.32. The highest BCUT2D eigenvalue weighted by Crippen LogP contribution is 2.38. The maximum absolute atomic E-state index is 6.24. The van der Waals surface area contributed by atoms with Gasteiger partial charge in [0.05, 0.1) is 37.6 Å². The summed E-state index contributed by atoms with van der Waals surface area (Å²) in [7, 11) is 6.78. The van der Waals surface area contributed by atoms with E-state index in [1.165, 1.54) is 0 Å². The molecule has 6 nitrogen and oxygen atoms in total. The fourth-order valence-electron chi connectivity index (χ4n) is 3.04. The largest absolute Gasteiger partial charge is 0.493 e. The summed E-state index contributed by atoms with van der Waals surface area (Å²) in [5, 5.41) is 1.06. The van der Waals surface area contributed by atoms with Crippen LogP contribution in [0.15, 0.2) is 41.0 Å². The highest BCUT2D eigenvalue weighted by atomic mass is 35.5. The number of methoxy groups -OCH3 is 3. The van der Waals surface area contributed by atoms with Crippen LogP contribution >= 0.6 is 23.2 Å². The standard InChI is InChI=1S/C21H22Cl2N2O4/c1-25(10-13-7-18(26-2)20(28-4)19(8-13)27-3)11-15-12-29-21(24-15)16-6-5-14(22)9-17(16)23/h5-9,12H,10-11H2,1-4H3. The predicted molar refractivity (Wildman–Crippen MR) is 113 cm³/mol. The molecule has 0 bridgehead atoms. The highest BCUT2D eigenvalue weighted by Gasteiger charge is 2.16. The van der Waals surface area contributed by atoms with E-state index in [9.17, 15) is 0 Å². The molecule has 0 saturated heterocycles. The second kappa shape index (κ2) is 9.39. The van der Waals surface area contributed by atoms with Gasteiger partial charge >= 0.3 is 0 Å². The number of hydrogen-bond acceptors (Lipinski definition) is 6. The number of rotatable bonds is 8. The summed E-state index contributed by atoms with van der Waals surface area (Å²) < 4.78 is 21.8. The Hall–Kier alpha value is -2.41. The number of ether oxygens (including phenoxy) is 3. The Balaban J connectivity index is 1.73. The number of oxazole rings is 1. The van der Waals surface area contributed by atoms with Crippen LogP contribution in [0.5, 0.6) is 17.2 Å². The fourth-order valence-corrected chi connectivity index (χ4v) is 3.53. The fraction of sp³-hybridized carbons (Fsp3) is 0.286. The zero-order chi connectivity index (χ0) is 21.0. The molecule has 0 aliphatic heterocycles. The predicted octanol–water partition coefficient (Wildman–Crippen LogP) is 5.31. The highest BCUT2D eigenvalue weighted by molar-refractivity contribution is 6.36. The Morgan fingerprint density at radius 1 is 0.966 bits per heavy atom. The summed E-state index contributed by atoms with van der Waals surface area (Å²) in [4.78, 5) is 6.65. The monoisotopic (exact) mass is 436 g/mol. The van der Waals surface area contributed by atoms with E-state index in [4.69, 9.17) is 41.8 Å². The lowest BCUT2D eigenvalue weighted by Gasteiger charge is -2.18. The van der Waals surface area contributed by atoms with E-state index in [2.05, 4.69) is 9.88 Å². The molecule has 29 heavy (non-hydrogen) atoms. The molecule has 1 heterocycles. The normalized spacial score (nSPS) is 11.0. The Bertz CT molecular complexity index is 966. The van der Waals surface area contributed by atoms with Gasteiger partial charge < -0.3 is 18.6 Å². The van der Waals surface area contributed by atoms with E-state index in [1.807, 2.05) is 19.2 Å². The van der Waals surface area contributed by atoms with Crippen LogP contribution in [0.2, 0.25) is 10.0 Å². The van der Waals surface area contributed by atoms with Crippen LogP contribution < -0.4 is 14.2 Å². The molecule has 0 radical (unpaired) electrons. The van der Waals surface area contributed by atoms with Gasteiger partial charge in [-0.15, -0.1) is 0 Å². The van der Waals surface area contributed by atoms with Crippen molar-refractivity contribution in [2.45, 2.75) is 13.1 Å². The SMILES string of the molecule is COc1cc(CN(C)Cc2coc(-c3ccc(Cl)cc3Cl)n2)cc(OC)c1OC. The molecule has 0 fully saturated rings. The molecule has 0 amide bonds. The molecule has 0 aliphatic carbocycles. The molecular weight excluding hydrogens is 415 g/mol. The number of aromatic nitrogens is 1. The van der Waals surface area contributed by atoms with Crippen LogP contribution in [0.3, 0.4) is 0 Å². The van der Waals surface area contributed by atoms with Crippen LogP contribution in [0, 0.1) is 0 Å². The van der Waals surface area contributed by atoms with Crippen molar-refractivity contribution in [2.24, 2.45) is 0 Å². The average molecular weight is 437 g/mol. The van der Waals surface area contributed by atoms with Crippen molar-refractivity contribution in [2.75, 3.05) is 28.4 Å². The zero-order valence-corrected chi connectivity index (χ0v) is 18.2. The van der Waals surface area contributed by atoms with Crippen molar-refractivity contribution in [3.8, 4) is 28.7 Å². The lowest BCUT2D eigenvalue weighted by molar-refractivity contribution is 0.306. The number of halogens is 2. The Morgan fingerprint density at radius 3 is 2.24 bits per heavy atom. The van der Waals surface area contributed by atoms with Crippen LogP contribution in [0.4, 0.5) is 0 Å². The van der Waals surface area contributed by atoms with Crippen molar-refractivity contribution in [1.82, 2.24) is 9.88 Å². The quantitative estimate of drug-likeness (QED) is 0.476. The lowest BCUT2D eigenvalue weighted by atomic mass is 10.1. The molecule has 0 spiro atoms. The van der Waals surface area contributed by atoms with Gasteiger partial charge in [-0.1, -0.05) is 23.2 Å². The van der Waals surface area contributed by atoms with Crippen LogP contribution in [-0.4, -0.2) is 38.3 Å². The van der Waals surface area contributed by atoms with Gasteiger partial charge in [0.15, 0.2) is 11.5 Å². The molecule has 0 unspecified atom stereocenters. The van der Waals surface area contributed by atoms with Gasteiger partial charge in [-0.25, -0.2) is 4.98 Å². The van der Waals surface area contributed by atoms with Crippen molar-refractivity contribution in [3.63, 3.8) is 0 Å². The minimum Gasteiger partial charge on any atom is -0.493 e. The van der Waals surface area contributed by atoms with Gasteiger partial charge in [0.1, 0.15) is 6.26 Å². The van der Waals surface area contributed by atoms with E-state index in [0.29, 0.717) is 51.8 Å². The van der Waals surface area contributed by atoms with Crippen LogP contribution in [0.1, 0.15) is 11.3 Å². The molecule has 0 N–H and O–H groups in total. The maximum atomic E-state index is 6.24. The summed E-state index contributed by atoms with van der Waals surface area (Å²) in [5.74, 6) is 2.28. The summed E-state index contributed by atoms with van der Waals surface area (Å²) >= 11 is 12.2. The Labute approximate surface area is 179 Å². The van der Waals surface area contributed by atoms with Gasteiger partial charge in [-0.05, 0) is 42.9 Å². The minimum absolute atomic E-state index is 0.461. The molecule has 3 aromatic rings. The Morgan fingerprint density at radius 2 is 1.66 bits per heavy atom. The Kier molecular flexibility index (Phi) is 6.90. The molecule has 0 saturated carbocycles. The smallest absolute Gasteiger partial charge is 0.227 e. The first kappa shape index (κ1) is 21.3. The average Bonchev–Trinajstić information content (AvgIpc) is 3.14. The summed E-state index contributed by atoms with van der Waals surface area (Å²) in [6, 6.07) is 9.07. The van der Waals surface area contributed by atoms with Crippen molar-refractivity contribution in [1.29, 1.82) is 0 Å². The molecule has 0 atom stereocenters. The zero-order valence-electron chi connectivity index (χ0n) is 16.7. The number of nitrogens with zero attached hydrogens (tertiary/aromatic N) is 2.